The van der Waals surface area contributed by atoms with E-state index in [-0.39, 0.29) is 12.5 Å². The van der Waals surface area contributed by atoms with Gasteiger partial charge in [-0.05, 0) is 60.2 Å². The molecular weight excluding hydrogens is 359 g/mol. The Balaban J connectivity index is 2.40. The predicted octanol–water partition coefficient (Wildman–Crippen LogP) is 2.06. The van der Waals surface area contributed by atoms with Crippen molar-refractivity contribution in [2.45, 2.75) is 19.4 Å². The smallest absolute Gasteiger partial charge is 0.329 e. The first-order valence-electron chi connectivity index (χ1n) is 5.80. The maximum Gasteiger partial charge on any atom is 0.329 e. The molecule has 1 aliphatic heterocycles. The molecule has 19 heavy (non-hydrogen) atoms. The molecule has 1 heterocycles. The standard InChI is InChI=1S/C13H15IN2O3/c1-8-4-9(14)6-10(5-8)16-11(17)13(2,7-19-3)15-12(16)18/h4-6H,7H2,1-3H3,(H,15,18). The Kier molecular flexibility index (Phi) is 3.82. The van der Waals surface area contributed by atoms with Gasteiger partial charge in [0.15, 0.2) is 0 Å². The van der Waals surface area contributed by atoms with E-state index in [1.54, 1.807) is 6.92 Å². The van der Waals surface area contributed by atoms with Gasteiger partial charge in [-0.25, -0.2) is 9.69 Å². The van der Waals surface area contributed by atoms with Gasteiger partial charge in [-0.1, -0.05) is 0 Å². The second-order valence-electron chi connectivity index (χ2n) is 4.82. The number of carbonyl (C=O) groups excluding carboxylic acids is 2. The van der Waals surface area contributed by atoms with E-state index in [2.05, 4.69) is 27.9 Å². The van der Waals surface area contributed by atoms with E-state index >= 15 is 0 Å². The van der Waals surface area contributed by atoms with Gasteiger partial charge in [0.25, 0.3) is 5.91 Å². The average molecular weight is 374 g/mol. The molecular formula is C13H15IN2O3. The highest BCUT2D eigenvalue weighted by Crippen LogP contribution is 2.27. The van der Waals surface area contributed by atoms with Crippen LogP contribution in [0.5, 0.6) is 0 Å². The van der Waals surface area contributed by atoms with Crippen molar-refractivity contribution in [3.8, 4) is 0 Å². The molecule has 0 bridgehead atoms. The molecule has 1 fully saturated rings. The molecule has 1 saturated heterocycles. The highest BCUT2D eigenvalue weighted by molar-refractivity contribution is 14.1. The van der Waals surface area contributed by atoms with Crippen LogP contribution in [0, 0.1) is 10.5 Å². The van der Waals surface area contributed by atoms with E-state index in [0.717, 1.165) is 9.13 Å². The Labute approximate surface area is 125 Å². The van der Waals surface area contributed by atoms with Gasteiger partial charge in [0, 0.05) is 10.7 Å². The molecule has 1 atom stereocenters. The maximum absolute atomic E-state index is 12.4. The van der Waals surface area contributed by atoms with Crippen molar-refractivity contribution in [1.82, 2.24) is 5.32 Å². The van der Waals surface area contributed by atoms with Gasteiger partial charge in [-0.2, -0.15) is 0 Å². The summed E-state index contributed by atoms with van der Waals surface area (Å²) < 4.78 is 6.00. The molecule has 6 heteroatoms. The number of nitrogens with zero attached hydrogens (tertiary/aromatic N) is 1. The molecule has 0 radical (unpaired) electrons. The Bertz CT molecular complexity index is 526. The van der Waals surface area contributed by atoms with Crippen molar-refractivity contribution in [3.63, 3.8) is 0 Å². The maximum atomic E-state index is 12.4. The lowest BCUT2D eigenvalue weighted by molar-refractivity contribution is -0.123. The fraction of sp³-hybridized carbons (Fsp3) is 0.385. The zero-order valence-corrected chi connectivity index (χ0v) is 13.1. The van der Waals surface area contributed by atoms with E-state index in [0.29, 0.717) is 5.69 Å². The number of methoxy groups -OCH3 is 1. The van der Waals surface area contributed by atoms with Gasteiger partial charge >= 0.3 is 6.03 Å². The summed E-state index contributed by atoms with van der Waals surface area (Å²) in [6.07, 6.45) is 0. The molecule has 3 amide bonds. The minimum Gasteiger partial charge on any atom is -0.382 e. The molecule has 0 aromatic heterocycles. The van der Waals surface area contributed by atoms with Gasteiger partial charge in [-0.15, -0.1) is 0 Å². The van der Waals surface area contributed by atoms with Crippen LogP contribution in [0.4, 0.5) is 10.5 Å². The summed E-state index contributed by atoms with van der Waals surface area (Å²) in [6, 6.07) is 5.20. The second-order valence-corrected chi connectivity index (χ2v) is 6.07. The van der Waals surface area contributed by atoms with Crippen LogP contribution in [-0.4, -0.2) is 31.2 Å². The number of carbonyl (C=O) groups is 2. The highest BCUT2D eigenvalue weighted by atomic mass is 127. The second kappa shape index (κ2) is 5.09. The molecule has 5 nitrogen and oxygen atoms in total. The summed E-state index contributed by atoms with van der Waals surface area (Å²) in [4.78, 5) is 25.6. The van der Waals surface area contributed by atoms with Crippen LogP contribution < -0.4 is 10.2 Å². The normalized spacial score (nSPS) is 22.8. The number of amides is 3. The number of benzene rings is 1. The Hall–Kier alpha value is -1.15. The quantitative estimate of drug-likeness (QED) is 0.651. The Morgan fingerprint density at radius 3 is 2.63 bits per heavy atom. The molecule has 0 aliphatic carbocycles. The average Bonchev–Trinajstić information content (AvgIpc) is 2.48. The van der Waals surface area contributed by atoms with Crippen molar-refractivity contribution in [1.29, 1.82) is 0 Å². The van der Waals surface area contributed by atoms with Crippen molar-refractivity contribution in [3.05, 3.63) is 27.3 Å². The van der Waals surface area contributed by atoms with Crippen LogP contribution in [-0.2, 0) is 9.53 Å². The summed E-state index contributed by atoms with van der Waals surface area (Å²) in [5.41, 5.74) is 0.593. The molecule has 1 aromatic rings. The lowest BCUT2D eigenvalue weighted by Crippen LogP contribution is -2.47. The summed E-state index contributed by atoms with van der Waals surface area (Å²) in [5, 5.41) is 2.68. The van der Waals surface area contributed by atoms with Gasteiger partial charge in [0.2, 0.25) is 0 Å². The number of urea groups is 1. The van der Waals surface area contributed by atoms with Crippen molar-refractivity contribution >= 4 is 40.2 Å². The van der Waals surface area contributed by atoms with Crippen molar-refractivity contribution < 1.29 is 14.3 Å². The fourth-order valence-corrected chi connectivity index (χ4v) is 2.96. The molecule has 1 unspecified atom stereocenters. The number of anilines is 1. The monoisotopic (exact) mass is 374 g/mol. The predicted molar refractivity (Wildman–Crippen MR) is 80.2 cm³/mol. The number of imide groups is 1. The summed E-state index contributed by atoms with van der Waals surface area (Å²) >= 11 is 2.16. The molecule has 0 spiro atoms. The van der Waals surface area contributed by atoms with Gasteiger partial charge in [0.1, 0.15) is 5.54 Å². The number of nitrogens with one attached hydrogen (secondary N) is 1. The molecule has 0 saturated carbocycles. The minimum absolute atomic E-state index is 0.150. The van der Waals surface area contributed by atoms with Crippen LogP contribution in [0.25, 0.3) is 0 Å². The van der Waals surface area contributed by atoms with E-state index in [1.165, 1.54) is 12.0 Å². The van der Waals surface area contributed by atoms with Crippen LogP contribution in [0.3, 0.4) is 0 Å². The van der Waals surface area contributed by atoms with Crippen LogP contribution in [0.2, 0.25) is 0 Å². The zero-order valence-electron chi connectivity index (χ0n) is 11.0. The third-order valence-electron chi connectivity index (χ3n) is 2.98. The van der Waals surface area contributed by atoms with Crippen LogP contribution in [0.15, 0.2) is 18.2 Å². The molecule has 1 N–H and O–H groups in total. The molecule has 1 aliphatic rings. The Morgan fingerprint density at radius 2 is 2.05 bits per heavy atom. The van der Waals surface area contributed by atoms with Crippen LogP contribution >= 0.6 is 22.6 Å². The largest absolute Gasteiger partial charge is 0.382 e. The highest BCUT2D eigenvalue weighted by Gasteiger charge is 2.48. The number of ether oxygens (including phenoxy) is 1. The zero-order chi connectivity index (χ0) is 14.2. The minimum atomic E-state index is -0.999. The lowest BCUT2D eigenvalue weighted by Gasteiger charge is -2.20. The number of halogens is 1. The molecule has 2 rings (SSSR count). The molecule has 102 valence electrons. The first kappa shape index (κ1) is 14.3. The summed E-state index contributed by atoms with van der Waals surface area (Å²) in [5.74, 6) is -0.291. The summed E-state index contributed by atoms with van der Waals surface area (Å²) in [6.45, 7) is 3.74. The first-order valence-corrected chi connectivity index (χ1v) is 6.88. The fourth-order valence-electron chi connectivity index (χ4n) is 2.15. The number of aryl methyl sites for hydroxylation is 1. The van der Waals surface area contributed by atoms with Crippen molar-refractivity contribution in [2.75, 3.05) is 18.6 Å². The van der Waals surface area contributed by atoms with Crippen molar-refractivity contribution in [2.24, 2.45) is 0 Å². The van der Waals surface area contributed by atoms with Gasteiger partial charge in [-0.3, -0.25) is 4.79 Å². The third kappa shape index (κ3) is 2.59. The number of hydrogen-bond donors (Lipinski definition) is 1. The van der Waals surface area contributed by atoms with E-state index in [1.807, 2.05) is 25.1 Å². The Morgan fingerprint density at radius 1 is 1.37 bits per heavy atom. The third-order valence-corrected chi connectivity index (χ3v) is 3.60. The van der Waals surface area contributed by atoms with E-state index < -0.39 is 11.6 Å². The van der Waals surface area contributed by atoms with Crippen LogP contribution in [0.1, 0.15) is 12.5 Å². The van der Waals surface area contributed by atoms with E-state index in [4.69, 9.17) is 4.74 Å². The van der Waals surface area contributed by atoms with E-state index in [9.17, 15) is 9.59 Å². The van der Waals surface area contributed by atoms with Gasteiger partial charge in [0.05, 0.1) is 12.3 Å². The SMILES string of the molecule is COCC1(C)NC(=O)N(c2cc(C)cc(I)c2)C1=O. The molecule has 1 aromatic carbocycles. The number of hydrogen-bond acceptors (Lipinski definition) is 3. The first-order chi connectivity index (χ1) is 8.87. The topological polar surface area (TPSA) is 58.6 Å². The number of rotatable bonds is 3. The summed E-state index contributed by atoms with van der Waals surface area (Å²) in [7, 11) is 1.50. The van der Waals surface area contributed by atoms with Gasteiger partial charge < -0.3 is 10.1 Å². The lowest BCUT2D eigenvalue weighted by atomic mass is 10.0.